The Labute approximate surface area is 130 Å². The molecule has 0 radical (unpaired) electrons. The van der Waals surface area contributed by atoms with Crippen molar-refractivity contribution >= 4 is 17.6 Å². The zero-order chi connectivity index (χ0) is 17.1. The number of nitrogens with zero attached hydrogens (tertiary/aromatic N) is 2. The smallest absolute Gasteiger partial charge is 0.343 e. The van der Waals surface area contributed by atoms with Crippen LogP contribution in [0.5, 0.6) is 0 Å². The van der Waals surface area contributed by atoms with E-state index >= 15 is 0 Å². The molecule has 0 aliphatic heterocycles. The summed E-state index contributed by atoms with van der Waals surface area (Å²) in [6, 6.07) is 5.69. The quantitative estimate of drug-likeness (QED) is 0.355. The number of allylic oxidation sites excluding steroid dienone is 1. The minimum Gasteiger partial charge on any atom is -0.413 e. The number of rotatable bonds is 5. The van der Waals surface area contributed by atoms with E-state index < -0.39 is 32.8 Å². The topological polar surface area (TPSA) is 113 Å². The number of halogens is 1. The van der Waals surface area contributed by atoms with E-state index in [0.29, 0.717) is 0 Å². The molecule has 0 saturated carbocycles. The van der Waals surface area contributed by atoms with Crippen LogP contribution in [0.3, 0.4) is 0 Å². The van der Waals surface area contributed by atoms with Gasteiger partial charge in [-0.15, -0.1) is 0 Å². The van der Waals surface area contributed by atoms with E-state index in [2.05, 4.69) is 0 Å². The molecule has 1 rings (SSSR count). The van der Waals surface area contributed by atoms with Crippen LogP contribution in [0, 0.1) is 20.2 Å². The second-order valence-corrected chi connectivity index (χ2v) is 5.32. The van der Waals surface area contributed by atoms with Gasteiger partial charge in [-0.25, -0.2) is 4.79 Å². The summed E-state index contributed by atoms with van der Waals surface area (Å²) in [7, 11) is 0. The summed E-state index contributed by atoms with van der Waals surface area (Å²) in [5.74, 6) is -1.60. The van der Waals surface area contributed by atoms with Crippen molar-refractivity contribution in [2.24, 2.45) is 0 Å². The molecule has 0 aromatic heterocycles. The second kappa shape index (κ2) is 6.52. The van der Waals surface area contributed by atoms with Crippen LogP contribution >= 0.6 is 11.6 Å². The summed E-state index contributed by atoms with van der Waals surface area (Å²) in [4.78, 5) is 32.4. The van der Waals surface area contributed by atoms with E-state index in [1.165, 1.54) is 24.3 Å². The van der Waals surface area contributed by atoms with Gasteiger partial charge in [-0.1, -0.05) is 17.7 Å². The molecular weight excluding hydrogens is 316 g/mol. The molecule has 0 aliphatic rings. The Morgan fingerprint density at radius 2 is 1.86 bits per heavy atom. The van der Waals surface area contributed by atoms with Gasteiger partial charge in [0.05, 0.1) is 10.5 Å². The predicted octanol–water partition coefficient (Wildman–Crippen LogP) is 3.06. The zero-order valence-corrected chi connectivity index (χ0v) is 12.8. The molecule has 0 saturated heterocycles. The fourth-order valence-corrected chi connectivity index (χ4v) is 1.76. The predicted molar refractivity (Wildman–Crippen MR) is 77.6 cm³/mol. The molecule has 0 amide bonds. The summed E-state index contributed by atoms with van der Waals surface area (Å²) in [6.07, 6.45) is 0. The van der Waals surface area contributed by atoms with Gasteiger partial charge in [0, 0.05) is 30.7 Å². The van der Waals surface area contributed by atoms with E-state index in [1.807, 2.05) is 0 Å². The van der Waals surface area contributed by atoms with Crippen LogP contribution in [-0.4, -0.2) is 21.4 Å². The fourth-order valence-electron chi connectivity index (χ4n) is 1.57. The lowest BCUT2D eigenvalue weighted by molar-refractivity contribution is -0.555. The lowest BCUT2D eigenvalue weighted by Gasteiger charge is -2.18. The van der Waals surface area contributed by atoms with E-state index in [0.717, 1.165) is 20.8 Å². The summed E-state index contributed by atoms with van der Waals surface area (Å²) in [5.41, 5.74) is -2.52. The standard InChI is InChI=1S/C13H13ClN2O6/c1-8(15(18)19)11(13(2,3)16(20)21)22-12(17)9-5-4-6-10(14)7-9/h4-7H,1-3H3/b11-8+. The Bertz CT molecular complexity index is 668. The van der Waals surface area contributed by atoms with Crippen LogP contribution < -0.4 is 0 Å². The number of carbonyl (C=O) groups is 1. The van der Waals surface area contributed by atoms with E-state index in [9.17, 15) is 25.0 Å². The molecule has 0 aliphatic carbocycles. The molecule has 0 unspecified atom stereocenters. The van der Waals surface area contributed by atoms with Crippen molar-refractivity contribution < 1.29 is 19.4 Å². The van der Waals surface area contributed by atoms with Crippen molar-refractivity contribution in [3.05, 3.63) is 66.5 Å². The molecule has 1 aromatic carbocycles. The van der Waals surface area contributed by atoms with Crippen LogP contribution in [0.15, 0.2) is 35.7 Å². The van der Waals surface area contributed by atoms with E-state index in [-0.39, 0.29) is 10.6 Å². The van der Waals surface area contributed by atoms with Crippen molar-refractivity contribution in [1.29, 1.82) is 0 Å². The van der Waals surface area contributed by atoms with Crippen LogP contribution in [0.2, 0.25) is 5.02 Å². The Kier molecular flexibility index (Phi) is 5.21. The lowest BCUT2D eigenvalue weighted by atomic mass is 10.0. The molecule has 1 aromatic rings. The lowest BCUT2D eigenvalue weighted by Crippen LogP contribution is -2.37. The number of hydrogen-bond donors (Lipinski definition) is 0. The Balaban J connectivity index is 3.27. The number of hydrogen-bond acceptors (Lipinski definition) is 6. The summed E-state index contributed by atoms with van der Waals surface area (Å²) >= 11 is 5.74. The molecule has 0 N–H and O–H groups in total. The van der Waals surface area contributed by atoms with Crippen molar-refractivity contribution in [1.82, 2.24) is 0 Å². The van der Waals surface area contributed by atoms with Crippen LogP contribution in [0.4, 0.5) is 0 Å². The third-order valence-corrected chi connectivity index (χ3v) is 3.10. The number of esters is 1. The zero-order valence-electron chi connectivity index (χ0n) is 12.0. The highest BCUT2D eigenvalue weighted by molar-refractivity contribution is 6.30. The number of nitro groups is 2. The summed E-state index contributed by atoms with van der Waals surface area (Å²) in [5, 5.41) is 22.3. The molecule has 9 heteroatoms. The Morgan fingerprint density at radius 3 is 2.32 bits per heavy atom. The Morgan fingerprint density at radius 1 is 1.27 bits per heavy atom. The molecule has 0 bridgehead atoms. The molecule has 118 valence electrons. The maximum Gasteiger partial charge on any atom is 0.343 e. The minimum absolute atomic E-state index is 0.0281. The fraction of sp³-hybridized carbons (Fsp3) is 0.308. The van der Waals surface area contributed by atoms with Crippen molar-refractivity contribution in [3.8, 4) is 0 Å². The van der Waals surface area contributed by atoms with E-state index in [4.69, 9.17) is 16.3 Å². The summed E-state index contributed by atoms with van der Waals surface area (Å²) in [6.45, 7) is 3.26. The number of benzene rings is 1. The van der Waals surface area contributed by atoms with Gasteiger partial charge >= 0.3 is 5.97 Å². The molecule has 8 nitrogen and oxygen atoms in total. The first-order valence-corrected chi connectivity index (χ1v) is 6.43. The van der Waals surface area contributed by atoms with Gasteiger partial charge in [0.1, 0.15) is 0 Å². The molecule has 0 atom stereocenters. The van der Waals surface area contributed by atoms with Gasteiger partial charge in [0.25, 0.3) is 17.0 Å². The van der Waals surface area contributed by atoms with E-state index in [1.54, 1.807) is 0 Å². The Hall–Kier alpha value is -2.48. The second-order valence-electron chi connectivity index (χ2n) is 4.89. The van der Waals surface area contributed by atoms with Gasteiger partial charge in [-0.2, -0.15) is 0 Å². The normalized spacial score (nSPS) is 12.4. The highest BCUT2D eigenvalue weighted by Gasteiger charge is 2.44. The third kappa shape index (κ3) is 3.79. The minimum atomic E-state index is -1.94. The summed E-state index contributed by atoms with van der Waals surface area (Å²) < 4.78 is 4.94. The van der Waals surface area contributed by atoms with Crippen molar-refractivity contribution in [2.45, 2.75) is 26.3 Å². The van der Waals surface area contributed by atoms with Gasteiger partial charge in [-0.3, -0.25) is 20.2 Å². The maximum atomic E-state index is 12.0. The molecule has 0 spiro atoms. The SMILES string of the molecule is C/C(=C(\OC(=O)c1cccc(Cl)c1)C(C)(C)[N+](=O)[O-])[N+](=O)[O-]. The van der Waals surface area contributed by atoms with Crippen LogP contribution in [0.1, 0.15) is 31.1 Å². The average molecular weight is 329 g/mol. The highest BCUT2D eigenvalue weighted by Crippen LogP contribution is 2.26. The number of carbonyl (C=O) groups excluding carboxylic acids is 1. The van der Waals surface area contributed by atoms with Gasteiger partial charge in [-0.05, 0) is 18.2 Å². The monoisotopic (exact) mass is 328 g/mol. The number of ether oxygens (including phenoxy) is 1. The van der Waals surface area contributed by atoms with Gasteiger partial charge in [0.2, 0.25) is 0 Å². The first-order valence-electron chi connectivity index (χ1n) is 6.05. The first-order chi connectivity index (χ1) is 10.1. The molecular formula is C13H13ClN2O6. The molecule has 0 fully saturated rings. The van der Waals surface area contributed by atoms with Crippen LogP contribution in [-0.2, 0) is 4.74 Å². The van der Waals surface area contributed by atoms with Crippen molar-refractivity contribution in [3.63, 3.8) is 0 Å². The van der Waals surface area contributed by atoms with Gasteiger partial charge < -0.3 is 4.74 Å². The molecule has 0 heterocycles. The highest BCUT2D eigenvalue weighted by atomic mass is 35.5. The maximum absolute atomic E-state index is 12.0. The first kappa shape index (κ1) is 17.6. The third-order valence-electron chi connectivity index (χ3n) is 2.87. The van der Waals surface area contributed by atoms with Crippen LogP contribution in [0.25, 0.3) is 0 Å². The van der Waals surface area contributed by atoms with Gasteiger partial charge in [0.15, 0.2) is 0 Å². The largest absolute Gasteiger partial charge is 0.413 e. The average Bonchev–Trinajstić information content (AvgIpc) is 2.43. The molecule has 22 heavy (non-hydrogen) atoms. The van der Waals surface area contributed by atoms with Crippen molar-refractivity contribution in [2.75, 3.05) is 0 Å².